The second-order valence-electron chi connectivity index (χ2n) is 3.18. The molecule has 0 aromatic carbocycles. The first-order valence-electron chi connectivity index (χ1n) is 5.28. The second-order valence-corrected chi connectivity index (χ2v) is 3.18. The van der Waals surface area contributed by atoms with Crippen molar-refractivity contribution in [2.45, 2.75) is 40.0 Å². The molecule has 2 N–H and O–H groups in total. The lowest BCUT2D eigenvalue weighted by molar-refractivity contribution is 0.178. The molecule has 0 radical (unpaired) electrons. The fraction of sp³-hybridized carbons (Fsp3) is 0.900. The van der Waals surface area contributed by atoms with Crippen LogP contribution in [0.2, 0.25) is 0 Å². The molecule has 0 spiro atoms. The van der Waals surface area contributed by atoms with Crippen LogP contribution in [0.15, 0.2) is 0 Å². The van der Waals surface area contributed by atoms with Crippen LogP contribution in [0.4, 0.5) is 4.79 Å². The summed E-state index contributed by atoms with van der Waals surface area (Å²) in [7, 11) is 0. The van der Waals surface area contributed by atoms with Crippen LogP contribution in [0.25, 0.3) is 0 Å². The normalized spacial score (nSPS) is 17.6. The van der Waals surface area contributed by atoms with Crippen LogP contribution in [0.3, 0.4) is 0 Å². The molecule has 0 aliphatic carbocycles. The molecule has 1 aliphatic heterocycles. The van der Waals surface area contributed by atoms with E-state index in [0.29, 0.717) is 0 Å². The third-order valence-electron chi connectivity index (χ3n) is 2.50. The Bertz CT molecular complexity index is 140. The summed E-state index contributed by atoms with van der Waals surface area (Å²) in [5, 5.41) is 0. The quantitative estimate of drug-likeness (QED) is 0.670. The zero-order chi connectivity index (χ0) is 10.3. The molecule has 2 amide bonds. The Morgan fingerprint density at radius 1 is 1.38 bits per heavy atom. The number of amides is 2. The van der Waals surface area contributed by atoms with Crippen LogP contribution in [-0.2, 0) is 0 Å². The fourth-order valence-electron chi connectivity index (χ4n) is 1.56. The van der Waals surface area contributed by atoms with Gasteiger partial charge in [-0.05, 0) is 18.8 Å². The van der Waals surface area contributed by atoms with Crippen molar-refractivity contribution in [2.75, 3.05) is 13.1 Å². The van der Waals surface area contributed by atoms with Gasteiger partial charge in [-0.3, -0.25) is 0 Å². The molecular weight excluding hydrogens is 164 g/mol. The van der Waals surface area contributed by atoms with Gasteiger partial charge < -0.3 is 10.6 Å². The average Bonchev–Trinajstić information content (AvgIpc) is 2.21. The number of piperidine rings is 1. The zero-order valence-corrected chi connectivity index (χ0v) is 9.05. The molecule has 0 aromatic rings. The summed E-state index contributed by atoms with van der Waals surface area (Å²) in [6, 6.07) is -0.264. The number of carbonyl (C=O) groups is 1. The summed E-state index contributed by atoms with van der Waals surface area (Å²) in [4.78, 5) is 12.4. The number of likely N-dealkylation sites (tertiary alicyclic amines) is 1. The number of nitrogens with two attached hydrogens (primary N) is 1. The number of nitrogens with zero attached hydrogens (tertiary/aromatic N) is 1. The minimum Gasteiger partial charge on any atom is -0.351 e. The lowest BCUT2D eigenvalue weighted by Crippen LogP contribution is -2.41. The van der Waals surface area contributed by atoms with Gasteiger partial charge in [0.05, 0.1) is 0 Å². The zero-order valence-electron chi connectivity index (χ0n) is 9.05. The molecule has 0 saturated carbocycles. The van der Waals surface area contributed by atoms with Crippen molar-refractivity contribution in [1.82, 2.24) is 4.90 Å². The highest BCUT2D eigenvalue weighted by atomic mass is 16.2. The maximum atomic E-state index is 10.7. The maximum Gasteiger partial charge on any atom is 0.314 e. The third kappa shape index (κ3) is 4.15. The summed E-state index contributed by atoms with van der Waals surface area (Å²) >= 11 is 0. The summed E-state index contributed by atoms with van der Waals surface area (Å²) in [6.45, 7) is 7.91. The highest BCUT2D eigenvalue weighted by molar-refractivity contribution is 5.72. The molecule has 78 valence electrons. The molecule has 0 bridgehead atoms. The Kier molecular flexibility index (Phi) is 6.37. The van der Waals surface area contributed by atoms with Crippen LogP contribution >= 0.6 is 0 Å². The van der Waals surface area contributed by atoms with Gasteiger partial charge in [0, 0.05) is 13.1 Å². The van der Waals surface area contributed by atoms with Crippen LogP contribution in [0, 0.1) is 5.92 Å². The first kappa shape index (κ1) is 12.3. The molecule has 0 aromatic heterocycles. The first-order valence-corrected chi connectivity index (χ1v) is 5.28. The van der Waals surface area contributed by atoms with Gasteiger partial charge in [0.2, 0.25) is 0 Å². The number of carbonyl (C=O) groups excluding carboxylic acids is 1. The van der Waals surface area contributed by atoms with E-state index in [2.05, 4.69) is 6.92 Å². The topological polar surface area (TPSA) is 46.3 Å². The van der Waals surface area contributed by atoms with Crippen molar-refractivity contribution >= 4 is 6.03 Å². The Morgan fingerprint density at radius 3 is 2.15 bits per heavy atom. The largest absolute Gasteiger partial charge is 0.351 e. The van der Waals surface area contributed by atoms with Crippen LogP contribution in [-0.4, -0.2) is 24.0 Å². The minimum atomic E-state index is -0.264. The molecule has 3 nitrogen and oxygen atoms in total. The molecule has 3 heteroatoms. The van der Waals surface area contributed by atoms with Gasteiger partial charge in [-0.2, -0.15) is 0 Å². The van der Waals surface area contributed by atoms with Crippen LogP contribution in [0.1, 0.15) is 40.0 Å². The van der Waals surface area contributed by atoms with E-state index in [0.717, 1.165) is 31.8 Å². The Balaban J connectivity index is 0.000000671. The monoisotopic (exact) mass is 186 g/mol. The van der Waals surface area contributed by atoms with Crippen LogP contribution in [0.5, 0.6) is 0 Å². The summed E-state index contributed by atoms with van der Waals surface area (Å²) in [5.41, 5.74) is 5.14. The highest BCUT2D eigenvalue weighted by Gasteiger charge is 2.19. The fourth-order valence-corrected chi connectivity index (χ4v) is 1.56. The van der Waals surface area contributed by atoms with Crippen molar-refractivity contribution in [3.05, 3.63) is 0 Å². The predicted octanol–water partition coefficient (Wildman–Crippen LogP) is 2.21. The van der Waals surface area contributed by atoms with E-state index in [4.69, 9.17) is 5.73 Å². The van der Waals surface area contributed by atoms with Crippen molar-refractivity contribution < 1.29 is 4.79 Å². The molecule has 1 rings (SSSR count). The molecule has 1 aliphatic rings. The highest BCUT2D eigenvalue weighted by Crippen LogP contribution is 2.19. The van der Waals surface area contributed by atoms with Gasteiger partial charge in [0.15, 0.2) is 0 Å². The van der Waals surface area contributed by atoms with Crippen molar-refractivity contribution in [1.29, 1.82) is 0 Å². The lowest BCUT2D eigenvalue weighted by Gasteiger charge is -2.29. The van der Waals surface area contributed by atoms with Crippen molar-refractivity contribution in [3.63, 3.8) is 0 Å². The van der Waals surface area contributed by atoms with E-state index < -0.39 is 0 Å². The molecule has 1 saturated heterocycles. The number of hydrogen-bond acceptors (Lipinski definition) is 1. The Morgan fingerprint density at radius 2 is 1.85 bits per heavy atom. The van der Waals surface area contributed by atoms with E-state index in [-0.39, 0.29) is 6.03 Å². The second kappa shape index (κ2) is 6.75. The third-order valence-corrected chi connectivity index (χ3v) is 2.50. The van der Waals surface area contributed by atoms with Gasteiger partial charge in [0.1, 0.15) is 0 Å². The summed E-state index contributed by atoms with van der Waals surface area (Å²) in [6.07, 6.45) is 3.48. The molecule has 0 unspecified atom stereocenters. The number of rotatable bonds is 1. The van der Waals surface area contributed by atoms with E-state index in [1.165, 1.54) is 6.42 Å². The van der Waals surface area contributed by atoms with Crippen LogP contribution < -0.4 is 5.73 Å². The Labute approximate surface area is 81.3 Å². The van der Waals surface area contributed by atoms with Gasteiger partial charge >= 0.3 is 6.03 Å². The predicted molar refractivity (Wildman–Crippen MR) is 55.5 cm³/mol. The maximum absolute atomic E-state index is 10.7. The molecule has 1 heterocycles. The molecule has 13 heavy (non-hydrogen) atoms. The number of urea groups is 1. The van der Waals surface area contributed by atoms with Crippen molar-refractivity contribution in [3.8, 4) is 0 Å². The van der Waals surface area contributed by atoms with E-state index in [1.54, 1.807) is 4.90 Å². The summed E-state index contributed by atoms with van der Waals surface area (Å²) in [5.74, 6) is 0.811. The molecular formula is C10H22N2O. The van der Waals surface area contributed by atoms with E-state index in [1.807, 2.05) is 13.8 Å². The Hall–Kier alpha value is -0.730. The molecule has 1 fully saturated rings. The van der Waals surface area contributed by atoms with Gasteiger partial charge in [-0.25, -0.2) is 4.79 Å². The van der Waals surface area contributed by atoms with Crippen molar-refractivity contribution in [2.24, 2.45) is 11.7 Å². The lowest BCUT2D eigenvalue weighted by atomic mass is 9.95. The number of hydrogen-bond donors (Lipinski definition) is 1. The smallest absolute Gasteiger partial charge is 0.314 e. The molecule has 0 atom stereocenters. The van der Waals surface area contributed by atoms with E-state index >= 15 is 0 Å². The standard InChI is InChI=1S/C8H16N2O.C2H6/c1-2-7-3-5-10(6-4-7)8(9)11;1-2/h7H,2-6H2,1H3,(H2,9,11);1-2H3. The minimum absolute atomic E-state index is 0.264. The first-order chi connectivity index (χ1) is 6.24. The van der Waals surface area contributed by atoms with E-state index in [9.17, 15) is 4.79 Å². The average molecular weight is 186 g/mol. The number of primary amides is 1. The SMILES string of the molecule is CC.CCC1CCN(C(N)=O)CC1. The van der Waals surface area contributed by atoms with Gasteiger partial charge in [0.25, 0.3) is 0 Å². The van der Waals surface area contributed by atoms with Gasteiger partial charge in [-0.15, -0.1) is 0 Å². The summed E-state index contributed by atoms with van der Waals surface area (Å²) < 4.78 is 0. The van der Waals surface area contributed by atoms with Gasteiger partial charge in [-0.1, -0.05) is 27.2 Å².